The van der Waals surface area contributed by atoms with Crippen LogP contribution in [0.3, 0.4) is 0 Å². The summed E-state index contributed by atoms with van der Waals surface area (Å²) < 4.78 is 0. The summed E-state index contributed by atoms with van der Waals surface area (Å²) in [6.45, 7) is 4.51. The zero-order valence-corrected chi connectivity index (χ0v) is 12.1. The topological polar surface area (TPSA) is 75.4 Å². The van der Waals surface area contributed by atoms with Gasteiger partial charge in [0.1, 0.15) is 6.33 Å². The van der Waals surface area contributed by atoms with Crippen LogP contribution >= 0.6 is 0 Å². The summed E-state index contributed by atoms with van der Waals surface area (Å²) in [5.74, 6) is 0.876. The van der Waals surface area contributed by atoms with E-state index in [9.17, 15) is 10.1 Å². The molecular weight excluding hydrogens is 258 g/mol. The molecular formula is C13H21N5O2. The Morgan fingerprint density at radius 2 is 2.10 bits per heavy atom. The number of nitrogens with zero attached hydrogens (tertiary/aromatic N) is 5. The van der Waals surface area contributed by atoms with E-state index in [1.165, 1.54) is 6.33 Å². The van der Waals surface area contributed by atoms with Gasteiger partial charge in [0, 0.05) is 26.7 Å². The van der Waals surface area contributed by atoms with E-state index in [-0.39, 0.29) is 10.6 Å². The first-order valence-corrected chi connectivity index (χ1v) is 7.10. The average Bonchev–Trinajstić information content (AvgIpc) is 2.97. The van der Waals surface area contributed by atoms with E-state index in [2.05, 4.69) is 16.9 Å². The molecule has 0 radical (unpaired) electrons. The predicted octanol–water partition coefficient (Wildman–Crippen LogP) is 2.22. The van der Waals surface area contributed by atoms with E-state index in [0.29, 0.717) is 11.6 Å². The molecule has 2 rings (SSSR count). The normalized spacial score (nSPS) is 14.6. The molecule has 0 bridgehead atoms. The highest BCUT2D eigenvalue weighted by Crippen LogP contribution is 2.35. The molecule has 2 heterocycles. The third kappa shape index (κ3) is 2.97. The van der Waals surface area contributed by atoms with Crippen molar-refractivity contribution < 1.29 is 4.92 Å². The Morgan fingerprint density at radius 3 is 2.70 bits per heavy atom. The lowest BCUT2D eigenvalue weighted by Gasteiger charge is -2.21. The summed E-state index contributed by atoms with van der Waals surface area (Å²) in [6.07, 6.45) is 5.57. The van der Waals surface area contributed by atoms with E-state index in [1.807, 2.05) is 16.8 Å². The van der Waals surface area contributed by atoms with Crippen molar-refractivity contribution in [1.29, 1.82) is 0 Å². The lowest BCUT2D eigenvalue weighted by molar-refractivity contribution is -0.383. The van der Waals surface area contributed by atoms with Crippen molar-refractivity contribution in [2.24, 2.45) is 0 Å². The molecule has 0 aliphatic carbocycles. The summed E-state index contributed by atoms with van der Waals surface area (Å²) in [4.78, 5) is 23.2. The van der Waals surface area contributed by atoms with E-state index < -0.39 is 0 Å². The van der Waals surface area contributed by atoms with Gasteiger partial charge in [-0.05, 0) is 19.3 Å². The van der Waals surface area contributed by atoms with Crippen LogP contribution in [0.2, 0.25) is 0 Å². The molecule has 1 aliphatic heterocycles. The molecule has 0 spiro atoms. The van der Waals surface area contributed by atoms with Gasteiger partial charge in [0.2, 0.25) is 11.6 Å². The summed E-state index contributed by atoms with van der Waals surface area (Å²) in [7, 11) is 1.85. The van der Waals surface area contributed by atoms with Gasteiger partial charge in [-0.15, -0.1) is 0 Å². The second kappa shape index (κ2) is 6.49. The highest BCUT2D eigenvalue weighted by Gasteiger charge is 2.29. The minimum absolute atomic E-state index is 0.0352. The Labute approximate surface area is 118 Å². The molecule has 1 saturated heterocycles. The lowest BCUT2D eigenvalue weighted by atomic mass is 10.3. The van der Waals surface area contributed by atoms with Gasteiger partial charge in [-0.25, -0.2) is 9.97 Å². The minimum atomic E-state index is -0.356. The molecule has 0 aromatic carbocycles. The number of unbranched alkanes of at least 4 members (excludes halogenated alkanes) is 1. The predicted molar refractivity (Wildman–Crippen MR) is 78.3 cm³/mol. The third-order valence-electron chi connectivity index (χ3n) is 3.58. The van der Waals surface area contributed by atoms with Crippen LogP contribution < -0.4 is 9.80 Å². The van der Waals surface area contributed by atoms with Gasteiger partial charge in [0.25, 0.3) is 0 Å². The first-order chi connectivity index (χ1) is 9.65. The zero-order chi connectivity index (χ0) is 14.5. The van der Waals surface area contributed by atoms with Crippen LogP contribution in [0, 0.1) is 10.1 Å². The fourth-order valence-corrected chi connectivity index (χ4v) is 2.46. The van der Waals surface area contributed by atoms with Crippen molar-refractivity contribution in [2.75, 3.05) is 36.5 Å². The van der Waals surface area contributed by atoms with Gasteiger partial charge in [-0.2, -0.15) is 0 Å². The third-order valence-corrected chi connectivity index (χ3v) is 3.58. The Bertz CT molecular complexity index is 474. The first-order valence-electron chi connectivity index (χ1n) is 7.10. The van der Waals surface area contributed by atoms with E-state index in [4.69, 9.17) is 0 Å². The summed E-state index contributed by atoms with van der Waals surface area (Å²) in [5, 5.41) is 11.4. The number of nitro groups is 1. The van der Waals surface area contributed by atoms with Crippen molar-refractivity contribution in [3.05, 3.63) is 16.4 Å². The molecule has 1 fully saturated rings. The van der Waals surface area contributed by atoms with Gasteiger partial charge in [0.15, 0.2) is 0 Å². The van der Waals surface area contributed by atoms with Crippen LogP contribution in [0.5, 0.6) is 0 Å². The van der Waals surface area contributed by atoms with Crippen molar-refractivity contribution in [3.63, 3.8) is 0 Å². The zero-order valence-electron chi connectivity index (χ0n) is 12.1. The van der Waals surface area contributed by atoms with Gasteiger partial charge in [-0.3, -0.25) is 10.1 Å². The van der Waals surface area contributed by atoms with Crippen LogP contribution in [0.1, 0.15) is 32.6 Å². The molecule has 0 saturated carbocycles. The summed E-state index contributed by atoms with van der Waals surface area (Å²) >= 11 is 0. The maximum absolute atomic E-state index is 11.4. The molecule has 7 nitrogen and oxygen atoms in total. The van der Waals surface area contributed by atoms with Crippen LogP contribution in [0.15, 0.2) is 6.33 Å². The molecule has 110 valence electrons. The quantitative estimate of drug-likeness (QED) is 0.587. The number of rotatable bonds is 6. The molecule has 1 aliphatic rings. The van der Waals surface area contributed by atoms with Crippen molar-refractivity contribution in [3.8, 4) is 0 Å². The Kier molecular flexibility index (Phi) is 4.70. The summed E-state index contributed by atoms with van der Waals surface area (Å²) in [5.41, 5.74) is 0.0352. The van der Waals surface area contributed by atoms with Crippen LogP contribution in [-0.2, 0) is 0 Å². The SMILES string of the molecule is CCCCN(C)c1ncnc(N2CCCC2)c1[N+](=O)[O-]. The van der Waals surface area contributed by atoms with Gasteiger partial charge >= 0.3 is 5.69 Å². The highest BCUT2D eigenvalue weighted by atomic mass is 16.6. The lowest BCUT2D eigenvalue weighted by Crippen LogP contribution is -2.25. The van der Waals surface area contributed by atoms with Gasteiger partial charge in [-0.1, -0.05) is 13.3 Å². The van der Waals surface area contributed by atoms with Gasteiger partial charge in [0.05, 0.1) is 4.92 Å². The average molecular weight is 279 g/mol. The fourth-order valence-electron chi connectivity index (χ4n) is 2.46. The molecule has 0 amide bonds. The van der Waals surface area contributed by atoms with Crippen molar-refractivity contribution in [2.45, 2.75) is 32.6 Å². The Morgan fingerprint density at radius 1 is 1.40 bits per heavy atom. The number of hydrogen-bond acceptors (Lipinski definition) is 6. The molecule has 1 aromatic rings. The minimum Gasteiger partial charge on any atom is -0.354 e. The smallest absolute Gasteiger partial charge is 0.353 e. The second-order valence-electron chi connectivity index (χ2n) is 5.10. The standard InChI is InChI=1S/C13H21N5O2/c1-3-4-7-16(2)12-11(18(19)20)13(15-10-14-12)17-8-5-6-9-17/h10H,3-9H2,1-2H3. The van der Waals surface area contributed by atoms with Crippen molar-refractivity contribution in [1.82, 2.24) is 9.97 Å². The fraction of sp³-hybridized carbons (Fsp3) is 0.692. The van der Waals surface area contributed by atoms with Gasteiger partial charge < -0.3 is 9.80 Å². The second-order valence-corrected chi connectivity index (χ2v) is 5.10. The summed E-state index contributed by atoms with van der Waals surface area (Å²) in [6, 6.07) is 0. The maximum atomic E-state index is 11.4. The highest BCUT2D eigenvalue weighted by molar-refractivity contribution is 5.71. The van der Waals surface area contributed by atoms with E-state index >= 15 is 0 Å². The molecule has 7 heteroatoms. The molecule has 1 aromatic heterocycles. The van der Waals surface area contributed by atoms with Crippen LogP contribution in [0.4, 0.5) is 17.3 Å². The number of anilines is 2. The van der Waals surface area contributed by atoms with Crippen LogP contribution in [0.25, 0.3) is 0 Å². The van der Waals surface area contributed by atoms with Crippen LogP contribution in [-0.4, -0.2) is 41.6 Å². The van der Waals surface area contributed by atoms with E-state index in [0.717, 1.165) is 45.3 Å². The Balaban J connectivity index is 2.35. The number of hydrogen-bond donors (Lipinski definition) is 0. The Hall–Kier alpha value is -1.92. The first kappa shape index (κ1) is 14.5. The molecule has 0 unspecified atom stereocenters. The molecule has 0 atom stereocenters. The molecule has 0 N–H and O–H groups in total. The van der Waals surface area contributed by atoms with Crippen molar-refractivity contribution >= 4 is 17.3 Å². The largest absolute Gasteiger partial charge is 0.354 e. The maximum Gasteiger partial charge on any atom is 0.353 e. The monoisotopic (exact) mass is 279 g/mol. The van der Waals surface area contributed by atoms with E-state index in [1.54, 1.807) is 0 Å². The molecule has 20 heavy (non-hydrogen) atoms. The number of aromatic nitrogens is 2.